The Labute approximate surface area is 102 Å². The van der Waals surface area contributed by atoms with E-state index in [1.54, 1.807) is 0 Å². The van der Waals surface area contributed by atoms with Crippen molar-refractivity contribution in [2.45, 2.75) is 25.8 Å². The lowest BCUT2D eigenvalue weighted by molar-refractivity contribution is -0.152. The zero-order chi connectivity index (χ0) is 12.3. The lowest BCUT2D eigenvalue weighted by Crippen LogP contribution is -2.55. The Morgan fingerprint density at radius 2 is 2.47 bits per heavy atom. The van der Waals surface area contributed by atoms with Crippen molar-refractivity contribution in [1.29, 1.82) is 0 Å². The Kier molecular flexibility index (Phi) is 4.01. The predicted molar refractivity (Wildman–Crippen MR) is 63.6 cm³/mol. The molecule has 2 heterocycles. The van der Waals surface area contributed by atoms with Gasteiger partial charge >= 0.3 is 0 Å². The van der Waals surface area contributed by atoms with Gasteiger partial charge in [0.2, 0.25) is 5.91 Å². The van der Waals surface area contributed by atoms with Gasteiger partial charge in [-0.2, -0.15) is 0 Å². The van der Waals surface area contributed by atoms with E-state index >= 15 is 0 Å². The van der Waals surface area contributed by atoms with Gasteiger partial charge in [0, 0.05) is 13.1 Å². The quantitative estimate of drug-likeness (QED) is 0.706. The highest BCUT2D eigenvalue weighted by atomic mass is 16.5. The van der Waals surface area contributed by atoms with Gasteiger partial charge in [0.15, 0.2) is 0 Å². The van der Waals surface area contributed by atoms with Crippen molar-refractivity contribution in [2.75, 3.05) is 39.5 Å². The third kappa shape index (κ3) is 2.32. The number of rotatable bonds is 3. The molecule has 2 unspecified atom stereocenters. The second-order valence-electron chi connectivity index (χ2n) is 4.97. The number of aliphatic hydroxyl groups excluding tert-OH is 1. The van der Waals surface area contributed by atoms with Crippen LogP contribution in [0, 0.1) is 5.41 Å². The molecule has 2 rings (SSSR count). The van der Waals surface area contributed by atoms with Gasteiger partial charge in [-0.25, -0.2) is 0 Å². The van der Waals surface area contributed by atoms with Gasteiger partial charge in [0.1, 0.15) is 0 Å². The zero-order valence-corrected chi connectivity index (χ0v) is 10.4. The average molecular weight is 242 g/mol. The van der Waals surface area contributed by atoms with E-state index in [-0.39, 0.29) is 24.0 Å². The van der Waals surface area contributed by atoms with Crippen LogP contribution in [0.3, 0.4) is 0 Å². The molecule has 1 amide bonds. The smallest absolute Gasteiger partial charge is 0.230 e. The first-order valence-corrected chi connectivity index (χ1v) is 6.44. The van der Waals surface area contributed by atoms with Crippen LogP contribution >= 0.6 is 0 Å². The van der Waals surface area contributed by atoms with E-state index in [1.165, 1.54) is 0 Å². The highest BCUT2D eigenvalue weighted by molar-refractivity contribution is 5.83. The van der Waals surface area contributed by atoms with Crippen molar-refractivity contribution in [2.24, 2.45) is 5.41 Å². The Morgan fingerprint density at radius 1 is 1.65 bits per heavy atom. The van der Waals surface area contributed by atoms with Gasteiger partial charge in [-0.15, -0.1) is 0 Å². The summed E-state index contributed by atoms with van der Waals surface area (Å²) in [5.74, 6) is 0.187. The van der Waals surface area contributed by atoms with Gasteiger partial charge in [-0.3, -0.25) is 4.79 Å². The molecule has 5 nitrogen and oxygen atoms in total. The zero-order valence-electron chi connectivity index (χ0n) is 10.4. The van der Waals surface area contributed by atoms with Crippen molar-refractivity contribution in [1.82, 2.24) is 10.2 Å². The Balaban J connectivity index is 2.11. The normalized spacial score (nSPS) is 34.0. The van der Waals surface area contributed by atoms with Crippen molar-refractivity contribution < 1.29 is 14.6 Å². The molecule has 98 valence electrons. The van der Waals surface area contributed by atoms with Crippen LogP contribution in [0.15, 0.2) is 0 Å². The summed E-state index contributed by atoms with van der Waals surface area (Å²) in [5, 5.41) is 12.6. The molecule has 2 fully saturated rings. The highest BCUT2D eigenvalue weighted by Gasteiger charge is 2.44. The minimum absolute atomic E-state index is 0.0149. The summed E-state index contributed by atoms with van der Waals surface area (Å²) in [7, 11) is 0. The van der Waals surface area contributed by atoms with Gasteiger partial charge < -0.3 is 20.1 Å². The van der Waals surface area contributed by atoms with Crippen molar-refractivity contribution in [3.05, 3.63) is 0 Å². The first kappa shape index (κ1) is 12.8. The molecule has 5 heteroatoms. The summed E-state index contributed by atoms with van der Waals surface area (Å²) in [5.41, 5.74) is -0.259. The summed E-state index contributed by atoms with van der Waals surface area (Å²) in [4.78, 5) is 14.5. The lowest BCUT2D eigenvalue weighted by atomic mass is 9.82. The van der Waals surface area contributed by atoms with Gasteiger partial charge in [0.05, 0.1) is 31.3 Å². The molecular formula is C12H22N2O3. The topological polar surface area (TPSA) is 61.8 Å². The van der Waals surface area contributed by atoms with Crippen LogP contribution in [0.25, 0.3) is 0 Å². The molecule has 0 bridgehead atoms. The Hall–Kier alpha value is -0.650. The van der Waals surface area contributed by atoms with E-state index in [2.05, 4.69) is 12.2 Å². The molecule has 0 radical (unpaired) electrons. The second kappa shape index (κ2) is 5.33. The summed E-state index contributed by atoms with van der Waals surface area (Å²) in [6.45, 7) is 5.36. The number of morpholine rings is 1. The van der Waals surface area contributed by atoms with E-state index in [0.29, 0.717) is 19.8 Å². The fraction of sp³-hybridized carbons (Fsp3) is 0.917. The molecule has 2 saturated heterocycles. The maximum Gasteiger partial charge on any atom is 0.230 e. The standard InChI is InChI=1S/C12H22N2O3/c1-2-12(3-4-13-9-12)11(16)14-5-6-17-8-10(14)7-15/h10,13,15H,2-9H2,1H3. The predicted octanol–water partition coefficient (Wildman–Crippen LogP) is -0.404. The number of nitrogens with zero attached hydrogens (tertiary/aromatic N) is 1. The van der Waals surface area contributed by atoms with Crippen LogP contribution in [0.1, 0.15) is 19.8 Å². The maximum atomic E-state index is 12.6. The number of nitrogens with one attached hydrogen (secondary N) is 1. The molecule has 0 aliphatic carbocycles. The molecule has 2 N–H and O–H groups in total. The highest BCUT2D eigenvalue weighted by Crippen LogP contribution is 2.32. The summed E-state index contributed by atoms with van der Waals surface area (Å²) in [6.07, 6.45) is 1.76. The Bertz CT molecular complexity index is 277. The molecule has 2 aliphatic rings. The molecule has 2 atom stereocenters. The third-order valence-corrected chi connectivity index (χ3v) is 4.07. The van der Waals surface area contributed by atoms with E-state index in [0.717, 1.165) is 25.9 Å². The van der Waals surface area contributed by atoms with Gasteiger partial charge in [-0.1, -0.05) is 6.92 Å². The number of hydrogen-bond donors (Lipinski definition) is 2. The number of hydrogen-bond acceptors (Lipinski definition) is 4. The monoisotopic (exact) mass is 242 g/mol. The molecular weight excluding hydrogens is 220 g/mol. The van der Waals surface area contributed by atoms with Crippen molar-refractivity contribution in [3.8, 4) is 0 Å². The minimum atomic E-state index is -0.259. The maximum absolute atomic E-state index is 12.6. The summed E-state index contributed by atoms with van der Waals surface area (Å²) >= 11 is 0. The molecule has 0 spiro atoms. The Morgan fingerprint density at radius 3 is 3.06 bits per heavy atom. The van der Waals surface area contributed by atoms with Crippen LogP contribution in [-0.4, -0.2) is 61.4 Å². The average Bonchev–Trinajstić information content (AvgIpc) is 2.88. The van der Waals surface area contributed by atoms with Crippen LogP contribution < -0.4 is 5.32 Å². The van der Waals surface area contributed by atoms with E-state index < -0.39 is 0 Å². The first-order valence-electron chi connectivity index (χ1n) is 6.44. The molecule has 0 aromatic heterocycles. The fourth-order valence-electron chi connectivity index (χ4n) is 2.76. The second-order valence-corrected chi connectivity index (χ2v) is 4.97. The number of carbonyl (C=O) groups is 1. The summed E-state index contributed by atoms with van der Waals surface area (Å²) in [6, 6.07) is -0.166. The first-order chi connectivity index (χ1) is 8.23. The number of carbonyl (C=O) groups excluding carboxylic acids is 1. The van der Waals surface area contributed by atoms with Crippen LogP contribution in [0.2, 0.25) is 0 Å². The fourth-order valence-corrected chi connectivity index (χ4v) is 2.76. The minimum Gasteiger partial charge on any atom is -0.394 e. The molecule has 17 heavy (non-hydrogen) atoms. The molecule has 0 aromatic carbocycles. The largest absolute Gasteiger partial charge is 0.394 e. The van der Waals surface area contributed by atoms with Gasteiger partial charge in [-0.05, 0) is 19.4 Å². The molecule has 0 saturated carbocycles. The lowest BCUT2D eigenvalue weighted by Gasteiger charge is -2.40. The molecule has 0 aromatic rings. The number of aliphatic hydroxyl groups is 1. The van der Waals surface area contributed by atoms with Crippen molar-refractivity contribution >= 4 is 5.91 Å². The van der Waals surface area contributed by atoms with E-state index in [1.807, 2.05) is 4.90 Å². The third-order valence-electron chi connectivity index (χ3n) is 4.07. The van der Waals surface area contributed by atoms with Crippen molar-refractivity contribution in [3.63, 3.8) is 0 Å². The summed E-state index contributed by atoms with van der Waals surface area (Å²) < 4.78 is 5.31. The SMILES string of the molecule is CCC1(C(=O)N2CCOCC2CO)CCNC1. The molecule has 2 aliphatic heterocycles. The van der Waals surface area contributed by atoms with E-state index in [4.69, 9.17) is 4.74 Å². The van der Waals surface area contributed by atoms with Crippen LogP contribution in [0.4, 0.5) is 0 Å². The number of ether oxygens (including phenoxy) is 1. The number of amides is 1. The van der Waals surface area contributed by atoms with E-state index in [9.17, 15) is 9.90 Å². The van der Waals surface area contributed by atoms with Crippen LogP contribution in [0.5, 0.6) is 0 Å². The van der Waals surface area contributed by atoms with Crippen LogP contribution in [-0.2, 0) is 9.53 Å². The van der Waals surface area contributed by atoms with Gasteiger partial charge in [0.25, 0.3) is 0 Å².